The summed E-state index contributed by atoms with van der Waals surface area (Å²) in [7, 11) is 0. The van der Waals surface area contributed by atoms with Gasteiger partial charge in [0.1, 0.15) is 0 Å². The third kappa shape index (κ3) is 3.29. The third-order valence-corrected chi connectivity index (χ3v) is 4.17. The number of hydrogen-bond donors (Lipinski definition) is 0. The SMILES string of the molecule is N#CC(c1ccccn1)C1CCN(Cc2ccccc2)C1. The Kier molecular flexibility index (Phi) is 4.28. The predicted molar refractivity (Wildman–Crippen MR) is 82.4 cm³/mol. The lowest BCUT2D eigenvalue weighted by Crippen LogP contribution is -2.22. The molecule has 0 amide bonds. The summed E-state index contributed by atoms with van der Waals surface area (Å²) < 4.78 is 0. The Morgan fingerprint density at radius 2 is 2.00 bits per heavy atom. The molecule has 3 heteroatoms. The molecule has 1 fully saturated rings. The highest BCUT2D eigenvalue weighted by molar-refractivity contribution is 5.19. The van der Waals surface area contributed by atoms with Gasteiger partial charge >= 0.3 is 0 Å². The molecule has 106 valence electrons. The van der Waals surface area contributed by atoms with Crippen LogP contribution in [0.3, 0.4) is 0 Å². The lowest BCUT2D eigenvalue weighted by atomic mass is 9.89. The first-order chi connectivity index (χ1) is 10.4. The van der Waals surface area contributed by atoms with Gasteiger partial charge in [0.05, 0.1) is 17.7 Å². The van der Waals surface area contributed by atoms with E-state index in [4.69, 9.17) is 0 Å². The van der Waals surface area contributed by atoms with Gasteiger partial charge in [-0.25, -0.2) is 0 Å². The Labute approximate surface area is 125 Å². The molecular formula is C18H19N3. The second-order valence-corrected chi connectivity index (χ2v) is 5.63. The van der Waals surface area contributed by atoms with Crippen molar-refractivity contribution < 1.29 is 0 Å². The van der Waals surface area contributed by atoms with Crippen molar-refractivity contribution in [1.82, 2.24) is 9.88 Å². The van der Waals surface area contributed by atoms with Crippen LogP contribution in [0.5, 0.6) is 0 Å². The summed E-state index contributed by atoms with van der Waals surface area (Å²) in [5.41, 5.74) is 2.25. The average Bonchev–Trinajstić information content (AvgIpc) is 2.98. The zero-order chi connectivity index (χ0) is 14.5. The Morgan fingerprint density at radius 1 is 1.19 bits per heavy atom. The van der Waals surface area contributed by atoms with Crippen LogP contribution in [0.25, 0.3) is 0 Å². The van der Waals surface area contributed by atoms with Crippen molar-refractivity contribution in [1.29, 1.82) is 5.26 Å². The summed E-state index contributed by atoms with van der Waals surface area (Å²) >= 11 is 0. The van der Waals surface area contributed by atoms with Gasteiger partial charge in [-0.05, 0) is 36.6 Å². The first-order valence-electron chi connectivity index (χ1n) is 7.43. The van der Waals surface area contributed by atoms with Crippen molar-refractivity contribution in [3.05, 3.63) is 66.0 Å². The lowest BCUT2D eigenvalue weighted by Gasteiger charge is -2.18. The van der Waals surface area contributed by atoms with Gasteiger partial charge in [0.15, 0.2) is 0 Å². The van der Waals surface area contributed by atoms with E-state index < -0.39 is 0 Å². The van der Waals surface area contributed by atoms with Gasteiger partial charge in [0.2, 0.25) is 0 Å². The Balaban J connectivity index is 1.65. The maximum Gasteiger partial charge on any atom is 0.0925 e. The maximum atomic E-state index is 9.51. The van der Waals surface area contributed by atoms with Crippen LogP contribution in [-0.4, -0.2) is 23.0 Å². The van der Waals surface area contributed by atoms with Crippen molar-refractivity contribution in [3.8, 4) is 6.07 Å². The molecular weight excluding hydrogens is 258 g/mol. The number of pyridine rings is 1. The molecule has 2 unspecified atom stereocenters. The van der Waals surface area contributed by atoms with Gasteiger partial charge in [-0.1, -0.05) is 36.4 Å². The smallest absolute Gasteiger partial charge is 0.0925 e. The first-order valence-corrected chi connectivity index (χ1v) is 7.43. The molecule has 3 nitrogen and oxygen atoms in total. The lowest BCUT2D eigenvalue weighted by molar-refractivity contribution is 0.312. The minimum atomic E-state index is -0.0908. The Bertz CT molecular complexity index is 603. The van der Waals surface area contributed by atoms with E-state index in [1.165, 1.54) is 5.56 Å². The normalized spacial score (nSPS) is 20.0. The molecule has 0 spiro atoms. The summed E-state index contributed by atoms with van der Waals surface area (Å²) in [6.07, 6.45) is 2.85. The highest BCUT2D eigenvalue weighted by Crippen LogP contribution is 2.31. The molecule has 3 rings (SSSR count). The van der Waals surface area contributed by atoms with E-state index in [0.29, 0.717) is 5.92 Å². The molecule has 0 aliphatic carbocycles. The molecule has 0 bridgehead atoms. The molecule has 21 heavy (non-hydrogen) atoms. The molecule has 0 radical (unpaired) electrons. The van der Waals surface area contributed by atoms with Gasteiger partial charge < -0.3 is 0 Å². The fourth-order valence-corrected chi connectivity index (χ4v) is 3.09. The van der Waals surface area contributed by atoms with Crippen LogP contribution in [0, 0.1) is 17.2 Å². The van der Waals surface area contributed by atoms with Crippen molar-refractivity contribution >= 4 is 0 Å². The number of benzene rings is 1. The molecule has 0 saturated carbocycles. The van der Waals surface area contributed by atoms with Crippen molar-refractivity contribution in [3.63, 3.8) is 0 Å². The van der Waals surface area contributed by atoms with E-state index in [1.807, 2.05) is 24.3 Å². The molecule has 0 N–H and O–H groups in total. The van der Waals surface area contributed by atoms with Crippen LogP contribution in [0.1, 0.15) is 23.6 Å². The zero-order valence-electron chi connectivity index (χ0n) is 12.0. The monoisotopic (exact) mass is 277 g/mol. The van der Waals surface area contributed by atoms with E-state index in [9.17, 15) is 5.26 Å². The molecule has 1 aliphatic rings. The standard InChI is InChI=1S/C18H19N3/c19-12-17(18-8-4-5-10-20-18)16-9-11-21(14-16)13-15-6-2-1-3-7-15/h1-8,10,16-17H,9,11,13-14H2. The molecule has 1 aromatic heterocycles. The molecule has 1 saturated heterocycles. The summed E-state index contributed by atoms with van der Waals surface area (Å²) in [6.45, 7) is 3.01. The zero-order valence-corrected chi connectivity index (χ0v) is 12.0. The van der Waals surface area contributed by atoms with Crippen LogP contribution in [0.15, 0.2) is 54.7 Å². The van der Waals surface area contributed by atoms with Gasteiger partial charge in [-0.15, -0.1) is 0 Å². The van der Waals surface area contributed by atoms with E-state index in [-0.39, 0.29) is 5.92 Å². The van der Waals surface area contributed by atoms with Crippen molar-refractivity contribution in [2.24, 2.45) is 5.92 Å². The number of likely N-dealkylation sites (tertiary alicyclic amines) is 1. The second-order valence-electron chi connectivity index (χ2n) is 5.63. The highest BCUT2D eigenvalue weighted by Gasteiger charge is 2.31. The van der Waals surface area contributed by atoms with Crippen LogP contribution >= 0.6 is 0 Å². The maximum absolute atomic E-state index is 9.51. The van der Waals surface area contributed by atoms with E-state index in [2.05, 4.69) is 40.2 Å². The van der Waals surface area contributed by atoms with Gasteiger partial charge in [-0.2, -0.15) is 5.26 Å². The van der Waals surface area contributed by atoms with Crippen molar-refractivity contribution in [2.45, 2.75) is 18.9 Å². The van der Waals surface area contributed by atoms with Crippen LogP contribution in [0.4, 0.5) is 0 Å². The number of hydrogen-bond acceptors (Lipinski definition) is 3. The summed E-state index contributed by atoms with van der Waals surface area (Å²) in [5, 5.41) is 9.51. The molecule has 2 aromatic rings. The predicted octanol–water partition coefficient (Wildman–Crippen LogP) is 3.21. The largest absolute Gasteiger partial charge is 0.299 e. The third-order valence-electron chi connectivity index (χ3n) is 4.17. The highest BCUT2D eigenvalue weighted by atomic mass is 15.1. The Morgan fingerprint density at radius 3 is 2.71 bits per heavy atom. The molecule has 2 atom stereocenters. The van der Waals surface area contributed by atoms with E-state index >= 15 is 0 Å². The quantitative estimate of drug-likeness (QED) is 0.861. The first kappa shape index (κ1) is 13.8. The second kappa shape index (κ2) is 6.51. The fourth-order valence-electron chi connectivity index (χ4n) is 3.09. The molecule has 1 aliphatic heterocycles. The van der Waals surface area contributed by atoms with E-state index in [1.54, 1.807) is 6.20 Å². The minimum Gasteiger partial charge on any atom is -0.299 e. The number of rotatable bonds is 4. The van der Waals surface area contributed by atoms with Crippen molar-refractivity contribution in [2.75, 3.05) is 13.1 Å². The molecule has 2 heterocycles. The van der Waals surface area contributed by atoms with Crippen LogP contribution in [0.2, 0.25) is 0 Å². The summed E-state index contributed by atoms with van der Waals surface area (Å²) in [5.74, 6) is 0.292. The topological polar surface area (TPSA) is 39.9 Å². The fraction of sp³-hybridized carbons (Fsp3) is 0.333. The van der Waals surface area contributed by atoms with Gasteiger partial charge in [0, 0.05) is 19.3 Å². The average molecular weight is 277 g/mol. The van der Waals surface area contributed by atoms with Gasteiger partial charge in [0.25, 0.3) is 0 Å². The molecule has 1 aromatic carbocycles. The van der Waals surface area contributed by atoms with Gasteiger partial charge in [-0.3, -0.25) is 9.88 Å². The number of aromatic nitrogens is 1. The Hall–Kier alpha value is -2.18. The number of nitriles is 1. The summed E-state index contributed by atoms with van der Waals surface area (Å²) in [4.78, 5) is 6.80. The summed E-state index contributed by atoms with van der Waals surface area (Å²) in [6, 6.07) is 18.8. The minimum absolute atomic E-state index is 0.0908. The van der Waals surface area contributed by atoms with Crippen LogP contribution < -0.4 is 0 Å². The van der Waals surface area contributed by atoms with Crippen LogP contribution in [-0.2, 0) is 6.54 Å². The number of nitrogens with zero attached hydrogens (tertiary/aromatic N) is 3. The van der Waals surface area contributed by atoms with E-state index in [0.717, 1.165) is 31.7 Å².